The van der Waals surface area contributed by atoms with Crippen molar-refractivity contribution in [1.82, 2.24) is 4.90 Å². The molecule has 2 atom stereocenters. The Morgan fingerprint density at radius 3 is 2.50 bits per heavy atom. The Labute approximate surface area is 90.6 Å². The van der Waals surface area contributed by atoms with Crippen LogP contribution in [0.15, 0.2) is 0 Å². The molecule has 0 bridgehead atoms. The second-order valence-corrected chi connectivity index (χ2v) is 3.77. The Bertz CT molecular complexity index is 225. The summed E-state index contributed by atoms with van der Waals surface area (Å²) in [7, 11) is 0. The molecule has 0 aliphatic heterocycles. The van der Waals surface area contributed by atoms with Crippen LogP contribution in [-0.4, -0.2) is 29.8 Å². The standard InChI is InChI=1S/C10H17ClN2O/c1-4-13(7-8(2)6-12)10(14)9(3)5-11/h8-9H,4-5,7H2,1-3H3. The molecule has 0 saturated carbocycles. The smallest absolute Gasteiger partial charge is 0.226 e. The Morgan fingerprint density at radius 1 is 1.57 bits per heavy atom. The molecule has 0 aliphatic rings. The van der Waals surface area contributed by atoms with Gasteiger partial charge in [-0.05, 0) is 13.8 Å². The number of alkyl halides is 1. The van der Waals surface area contributed by atoms with Crippen LogP contribution in [0.5, 0.6) is 0 Å². The summed E-state index contributed by atoms with van der Waals surface area (Å²) in [5, 5.41) is 8.64. The Hall–Kier alpha value is -0.750. The molecule has 80 valence electrons. The van der Waals surface area contributed by atoms with Crippen molar-refractivity contribution in [2.75, 3.05) is 19.0 Å². The van der Waals surface area contributed by atoms with Gasteiger partial charge in [-0.1, -0.05) is 6.92 Å². The van der Waals surface area contributed by atoms with Crippen molar-refractivity contribution in [3.8, 4) is 6.07 Å². The quantitative estimate of drug-likeness (QED) is 0.659. The Morgan fingerprint density at radius 2 is 2.14 bits per heavy atom. The van der Waals surface area contributed by atoms with Gasteiger partial charge >= 0.3 is 0 Å². The number of amides is 1. The highest BCUT2D eigenvalue weighted by molar-refractivity contribution is 6.19. The van der Waals surface area contributed by atoms with Crippen LogP contribution in [0.25, 0.3) is 0 Å². The number of nitrogens with zero attached hydrogens (tertiary/aromatic N) is 2. The molecular weight excluding hydrogens is 200 g/mol. The van der Waals surface area contributed by atoms with Crippen LogP contribution >= 0.6 is 11.6 Å². The van der Waals surface area contributed by atoms with Crippen LogP contribution < -0.4 is 0 Å². The highest BCUT2D eigenvalue weighted by Gasteiger charge is 2.19. The average Bonchev–Trinajstić information content (AvgIpc) is 2.23. The van der Waals surface area contributed by atoms with E-state index >= 15 is 0 Å². The van der Waals surface area contributed by atoms with E-state index in [1.807, 2.05) is 6.92 Å². The number of carbonyl (C=O) groups is 1. The fourth-order valence-corrected chi connectivity index (χ4v) is 1.26. The lowest BCUT2D eigenvalue weighted by atomic mass is 10.1. The zero-order valence-electron chi connectivity index (χ0n) is 8.96. The second-order valence-electron chi connectivity index (χ2n) is 3.46. The van der Waals surface area contributed by atoms with Crippen LogP contribution in [0.4, 0.5) is 0 Å². The first-order valence-corrected chi connectivity index (χ1v) is 5.34. The summed E-state index contributed by atoms with van der Waals surface area (Å²) in [6.07, 6.45) is 0. The fraction of sp³-hybridized carbons (Fsp3) is 0.800. The lowest BCUT2D eigenvalue weighted by molar-refractivity contribution is -0.134. The van der Waals surface area contributed by atoms with Crippen molar-refractivity contribution in [2.24, 2.45) is 11.8 Å². The minimum absolute atomic E-state index is 0.0320. The zero-order chi connectivity index (χ0) is 11.1. The summed E-state index contributed by atoms with van der Waals surface area (Å²) in [6.45, 7) is 6.64. The predicted molar refractivity (Wildman–Crippen MR) is 56.9 cm³/mol. The minimum atomic E-state index is -0.164. The van der Waals surface area contributed by atoms with Gasteiger partial charge in [-0.15, -0.1) is 11.6 Å². The number of nitriles is 1. The molecule has 1 amide bonds. The van der Waals surface area contributed by atoms with Gasteiger partial charge in [0.2, 0.25) is 5.91 Å². The molecule has 0 fully saturated rings. The van der Waals surface area contributed by atoms with Crippen LogP contribution in [0.1, 0.15) is 20.8 Å². The number of halogens is 1. The molecule has 0 rings (SSSR count). The molecule has 14 heavy (non-hydrogen) atoms. The van der Waals surface area contributed by atoms with Gasteiger partial charge in [0.15, 0.2) is 0 Å². The number of rotatable bonds is 5. The van der Waals surface area contributed by atoms with Gasteiger partial charge in [-0.2, -0.15) is 5.26 Å². The van der Waals surface area contributed by atoms with E-state index in [1.54, 1.807) is 18.7 Å². The van der Waals surface area contributed by atoms with Crippen molar-refractivity contribution in [2.45, 2.75) is 20.8 Å². The second kappa shape index (κ2) is 6.67. The number of hydrogen-bond acceptors (Lipinski definition) is 2. The first kappa shape index (κ1) is 13.2. The summed E-state index contributed by atoms with van der Waals surface area (Å²) in [5.41, 5.74) is 0. The third kappa shape index (κ3) is 3.97. The summed E-state index contributed by atoms with van der Waals surface area (Å²) < 4.78 is 0. The van der Waals surface area contributed by atoms with Crippen LogP contribution in [0, 0.1) is 23.2 Å². The van der Waals surface area contributed by atoms with Crippen molar-refractivity contribution in [1.29, 1.82) is 5.26 Å². The summed E-state index contributed by atoms with van der Waals surface area (Å²) in [6, 6.07) is 2.11. The van der Waals surface area contributed by atoms with Crippen LogP contribution in [0.2, 0.25) is 0 Å². The van der Waals surface area contributed by atoms with Gasteiger partial charge in [0.05, 0.1) is 12.0 Å². The van der Waals surface area contributed by atoms with E-state index in [0.29, 0.717) is 19.0 Å². The molecule has 0 aliphatic carbocycles. The minimum Gasteiger partial charge on any atom is -0.341 e. The highest BCUT2D eigenvalue weighted by atomic mass is 35.5. The molecule has 0 aromatic rings. The van der Waals surface area contributed by atoms with E-state index in [9.17, 15) is 4.79 Å². The summed E-state index contributed by atoms with van der Waals surface area (Å²) in [4.78, 5) is 13.4. The maximum atomic E-state index is 11.7. The van der Waals surface area contributed by atoms with Crippen molar-refractivity contribution >= 4 is 17.5 Å². The third-order valence-corrected chi connectivity index (χ3v) is 2.52. The highest BCUT2D eigenvalue weighted by Crippen LogP contribution is 2.07. The molecule has 4 heteroatoms. The molecule has 0 saturated heterocycles. The third-order valence-electron chi connectivity index (χ3n) is 2.06. The van der Waals surface area contributed by atoms with Gasteiger partial charge in [-0.25, -0.2) is 0 Å². The van der Waals surface area contributed by atoms with E-state index in [0.717, 1.165) is 0 Å². The van der Waals surface area contributed by atoms with E-state index in [4.69, 9.17) is 16.9 Å². The SMILES string of the molecule is CCN(CC(C)C#N)C(=O)C(C)CCl. The molecular formula is C10H17ClN2O. The molecule has 0 spiro atoms. The number of carbonyl (C=O) groups excluding carboxylic acids is 1. The van der Waals surface area contributed by atoms with Gasteiger partial charge in [-0.3, -0.25) is 4.79 Å². The molecule has 0 heterocycles. The molecule has 3 nitrogen and oxygen atoms in total. The molecule has 0 N–H and O–H groups in total. The first-order valence-electron chi connectivity index (χ1n) is 4.81. The topological polar surface area (TPSA) is 44.1 Å². The monoisotopic (exact) mass is 216 g/mol. The van der Waals surface area contributed by atoms with Crippen molar-refractivity contribution in [3.05, 3.63) is 0 Å². The molecule has 0 aromatic carbocycles. The average molecular weight is 217 g/mol. The van der Waals surface area contributed by atoms with Crippen LogP contribution in [0.3, 0.4) is 0 Å². The van der Waals surface area contributed by atoms with E-state index in [1.165, 1.54) is 0 Å². The van der Waals surface area contributed by atoms with E-state index < -0.39 is 0 Å². The lowest BCUT2D eigenvalue weighted by Crippen LogP contribution is -2.38. The van der Waals surface area contributed by atoms with Crippen molar-refractivity contribution < 1.29 is 4.79 Å². The van der Waals surface area contributed by atoms with E-state index in [-0.39, 0.29) is 17.7 Å². The Kier molecular flexibility index (Phi) is 6.31. The van der Waals surface area contributed by atoms with Gasteiger partial charge < -0.3 is 4.90 Å². The van der Waals surface area contributed by atoms with Gasteiger partial charge in [0.25, 0.3) is 0 Å². The largest absolute Gasteiger partial charge is 0.341 e. The molecule has 0 aromatic heterocycles. The van der Waals surface area contributed by atoms with Gasteiger partial charge in [0, 0.05) is 24.9 Å². The fourth-order valence-electron chi connectivity index (χ4n) is 1.12. The maximum Gasteiger partial charge on any atom is 0.226 e. The predicted octanol–water partition coefficient (Wildman–Crippen LogP) is 1.87. The molecule has 2 unspecified atom stereocenters. The van der Waals surface area contributed by atoms with Crippen LogP contribution in [-0.2, 0) is 4.79 Å². The normalized spacial score (nSPS) is 14.2. The van der Waals surface area contributed by atoms with Gasteiger partial charge in [0.1, 0.15) is 0 Å². The Balaban J connectivity index is 4.27. The first-order chi connectivity index (χ1) is 6.56. The number of hydrogen-bond donors (Lipinski definition) is 0. The van der Waals surface area contributed by atoms with E-state index in [2.05, 4.69) is 6.07 Å². The van der Waals surface area contributed by atoms with Crippen molar-refractivity contribution in [3.63, 3.8) is 0 Å². The lowest BCUT2D eigenvalue weighted by Gasteiger charge is -2.24. The maximum absolute atomic E-state index is 11.7. The molecule has 0 radical (unpaired) electrons. The zero-order valence-corrected chi connectivity index (χ0v) is 9.71. The summed E-state index contributed by atoms with van der Waals surface area (Å²) >= 11 is 5.61. The summed E-state index contributed by atoms with van der Waals surface area (Å²) in [5.74, 6) is 0.0736.